The molecular formula is C25H26FN7O2. The van der Waals surface area contributed by atoms with Crippen molar-refractivity contribution in [3.8, 4) is 5.82 Å². The number of nitrogens with one attached hydrogen (secondary N) is 2. The highest BCUT2D eigenvalue weighted by Gasteiger charge is 2.37. The molecule has 2 aliphatic rings. The van der Waals surface area contributed by atoms with Gasteiger partial charge in [0.25, 0.3) is 5.56 Å². The first-order chi connectivity index (χ1) is 17.0. The van der Waals surface area contributed by atoms with Crippen LogP contribution in [0.15, 0.2) is 41.3 Å². The summed E-state index contributed by atoms with van der Waals surface area (Å²) in [7, 11) is 0. The lowest BCUT2D eigenvalue weighted by molar-refractivity contribution is -0.0426. The summed E-state index contributed by atoms with van der Waals surface area (Å²) in [6.07, 6.45) is 4.52. The topological polar surface area (TPSA) is 110 Å². The van der Waals surface area contributed by atoms with Gasteiger partial charge in [0.2, 0.25) is 5.95 Å². The van der Waals surface area contributed by atoms with Crippen LogP contribution in [0, 0.1) is 5.82 Å². The molecule has 0 bridgehead atoms. The first kappa shape index (κ1) is 21.9. The molecule has 1 aromatic carbocycles. The van der Waals surface area contributed by atoms with Gasteiger partial charge in [-0.2, -0.15) is 4.98 Å². The molecule has 3 aromatic heterocycles. The van der Waals surface area contributed by atoms with E-state index in [1.54, 1.807) is 15.4 Å². The highest BCUT2D eigenvalue weighted by Crippen LogP contribution is 2.40. The third-order valence-corrected chi connectivity index (χ3v) is 7.00. The molecule has 6 rings (SSSR count). The zero-order valence-corrected chi connectivity index (χ0v) is 19.4. The molecule has 1 aliphatic carbocycles. The highest BCUT2D eigenvalue weighted by atomic mass is 19.1. The van der Waals surface area contributed by atoms with Gasteiger partial charge in [0.05, 0.1) is 5.69 Å². The van der Waals surface area contributed by atoms with E-state index in [-0.39, 0.29) is 17.3 Å². The average molecular weight is 476 g/mol. The van der Waals surface area contributed by atoms with Crippen LogP contribution in [-0.2, 0) is 25.1 Å². The molecule has 1 saturated carbocycles. The van der Waals surface area contributed by atoms with Gasteiger partial charge in [0, 0.05) is 30.5 Å². The molecule has 0 amide bonds. The van der Waals surface area contributed by atoms with Crippen molar-refractivity contribution in [1.82, 2.24) is 29.6 Å². The second kappa shape index (κ2) is 8.24. The number of benzene rings is 1. The van der Waals surface area contributed by atoms with Crippen molar-refractivity contribution in [2.24, 2.45) is 0 Å². The number of aromatic nitrogens is 5. The maximum atomic E-state index is 14.6. The standard InChI is InChI=1S/C25H26FN7O2/c1-2-32-23(34)18-14-28-24(29-16-11-15-7-10-27-13-17(15)19(26)12-16)31-22(18)33(32)21-6-3-5-20(30-21)25(35)8-4-9-25/h3,5-6,11-12,14,27,35H,2,4,7-10,13H2,1H3,(H,28,29,31). The molecule has 9 nitrogen and oxygen atoms in total. The van der Waals surface area contributed by atoms with E-state index in [4.69, 9.17) is 4.98 Å². The van der Waals surface area contributed by atoms with Crippen LogP contribution >= 0.6 is 0 Å². The maximum absolute atomic E-state index is 14.6. The number of aliphatic hydroxyl groups is 1. The van der Waals surface area contributed by atoms with Crippen molar-refractivity contribution in [2.75, 3.05) is 11.9 Å². The second-order valence-corrected chi connectivity index (χ2v) is 9.18. The Hall–Kier alpha value is -3.63. The molecule has 0 saturated heterocycles. The SMILES string of the molecule is CCn1c(=O)c2cnc(Nc3cc(F)c4c(c3)CCNC4)nc2n1-c1cccc(C2(O)CCC2)n1. The molecule has 1 aliphatic heterocycles. The molecule has 0 atom stereocenters. The molecular weight excluding hydrogens is 449 g/mol. The van der Waals surface area contributed by atoms with E-state index in [9.17, 15) is 14.3 Å². The summed E-state index contributed by atoms with van der Waals surface area (Å²) >= 11 is 0. The fourth-order valence-electron chi connectivity index (χ4n) is 4.93. The van der Waals surface area contributed by atoms with Crippen molar-refractivity contribution in [3.63, 3.8) is 0 Å². The summed E-state index contributed by atoms with van der Waals surface area (Å²) in [5, 5.41) is 17.4. The summed E-state index contributed by atoms with van der Waals surface area (Å²) in [5.41, 5.74) is 2.02. The fraction of sp³-hybridized carbons (Fsp3) is 0.360. The van der Waals surface area contributed by atoms with E-state index >= 15 is 0 Å². The lowest BCUT2D eigenvalue weighted by Gasteiger charge is -2.36. The quantitative estimate of drug-likeness (QED) is 0.407. The van der Waals surface area contributed by atoms with Crippen LogP contribution in [0.1, 0.15) is 43.0 Å². The maximum Gasteiger partial charge on any atom is 0.278 e. The van der Waals surface area contributed by atoms with Crippen molar-refractivity contribution in [3.05, 3.63) is 69.5 Å². The Morgan fingerprint density at radius 3 is 2.89 bits per heavy atom. The van der Waals surface area contributed by atoms with E-state index in [1.165, 1.54) is 12.3 Å². The summed E-state index contributed by atoms with van der Waals surface area (Å²) in [5.74, 6) is 0.470. The van der Waals surface area contributed by atoms with Gasteiger partial charge in [-0.15, -0.1) is 0 Å². The minimum atomic E-state index is -0.927. The average Bonchev–Trinajstić information content (AvgIpc) is 3.13. The number of pyridine rings is 1. The predicted molar refractivity (Wildman–Crippen MR) is 129 cm³/mol. The van der Waals surface area contributed by atoms with Gasteiger partial charge in [-0.25, -0.2) is 23.7 Å². The smallest absolute Gasteiger partial charge is 0.278 e. The normalized spacial score (nSPS) is 16.7. The van der Waals surface area contributed by atoms with Crippen LogP contribution in [-0.4, -0.2) is 36.0 Å². The summed E-state index contributed by atoms with van der Waals surface area (Å²) < 4.78 is 17.9. The number of nitrogens with zero attached hydrogens (tertiary/aromatic N) is 5. The first-order valence-electron chi connectivity index (χ1n) is 11.9. The van der Waals surface area contributed by atoms with Crippen molar-refractivity contribution in [1.29, 1.82) is 0 Å². The second-order valence-electron chi connectivity index (χ2n) is 9.18. The third-order valence-electron chi connectivity index (χ3n) is 7.00. The van der Waals surface area contributed by atoms with Crippen molar-refractivity contribution >= 4 is 22.7 Å². The molecule has 180 valence electrons. The van der Waals surface area contributed by atoms with Crippen LogP contribution in [0.3, 0.4) is 0 Å². The van der Waals surface area contributed by atoms with Crippen molar-refractivity contribution in [2.45, 2.75) is 51.3 Å². The largest absolute Gasteiger partial charge is 0.384 e. The molecule has 0 spiro atoms. The first-order valence-corrected chi connectivity index (χ1v) is 11.9. The molecule has 4 heterocycles. The Morgan fingerprint density at radius 1 is 1.26 bits per heavy atom. The molecule has 10 heteroatoms. The Kier molecular flexibility index (Phi) is 5.15. The number of hydrogen-bond donors (Lipinski definition) is 3. The highest BCUT2D eigenvalue weighted by molar-refractivity contribution is 5.77. The lowest BCUT2D eigenvalue weighted by Crippen LogP contribution is -2.35. The van der Waals surface area contributed by atoms with E-state index < -0.39 is 5.60 Å². The predicted octanol–water partition coefficient (Wildman–Crippen LogP) is 2.90. The molecule has 4 aromatic rings. The Bertz CT molecular complexity index is 1510. The van der Waals surface area contributed by atoms with Gasteiger partial charge in [0.15, 0.2) is 11.5 Å². The minimum Gasteiger partial charge on any atom is -0.384 e. The van der Waals surface area contributed by atoms with Gasteiger partial charge in [-0.05, 0) is 69.0 Å². The van der Waals surface area contributed by atoms with E-state index in [0.29, 0.717) is 59.7 Å². The summed E-state index contributed by atoms with van der Waals surface area (Å²) in [6.45, 7) is 3.59. The molecule has 1 fully saturated rings. The molecule has 3 N–H and O–H groups in total. The Morgan fingerprint density at radius 2 is 2.11 bits per heavy atom. The van der Waals surface area contributed by atoms with Gasteiger partial charge < -0.3 is 15.7 Å². The number of rotatable bonds is 5. The monoisotopic (exact) mass is 475 g/mol. The van der Waals surface area contributed by atoms with Crippen LogP contribution in [0.5, 0.6) is 0 Å². The lowest BCUT2D eigenvalue weighted by atomic mass is 9.77. The number of anilines is 2. The van der Waals surface area contributed by atoms with Crippen molar-refractivity contribution < 1.29 is 9.50 Å². The number of hydrogen-bond acceptors (Lipinski definition) is 7. The van der Waals surface area contributed by atoms with Gasteiger partial charge in [-0.3, -0.25) is 4.79 Å². The van der Waals surface area contributed by atoms with Crippen LogP contribution in [0.2, 0.25) is 0 Å². The fourth-order valence-corrected chi connectivity index (χ4v) is 4.93. The molecule has 0 unspecified atom stereocenters. The van der Waals surface area contributed by atoms with Crippen LogP contribution in [0.4, 0.5) is 16.0 Å². The molecule has 35 heavy (non-hydrogen) atoms. The van der Waals surface area contributed by atoms with E-state index in [0.717, 1.165) is 24.9 Å². The molecule has 0 radical (unpaired) electrons. The van der Waals surface area contributed by atoms with Gasteiger partial charge >= 0.3 is 0 Å². The summed E-state index contributed by atoms with van der Waals surface area (Å²) in [6, 6.07) is 8.79. The number of halogens is 1. The Balaban J connectivity index is 1.44. The van der Waals surface area contributed by atoms with E-state index in [1.807, 2.05) is 25.1 Å². The van der Waals surface area contributed by atoms with Gasteiger partial charge in [0.1, 0.15) is 16.8 Å². The Labute approximate surface area is 200 Å². The van der Waals surface area contributed by atoms with E-state index in [2.05, 4.69) is 20.6 Å². The third kappa shape index (κ3) is 3.60. The zero-order valence-electron chi connectivity index (χ0n) is 19.4. The van der Waals surface area contributed by atoms with Crippen LogP contribution < -0.4 is 16.2 Å². The minimum absolute atomic E-state index is 0.226. The van der Waals surface area contributed by atoms with Crippen LogP contribution in [0.25, 0.3) is 16.9 Å². The summed E-state index contributed by atoms with van der Waals surface area (Å²) in [4.78, 5) is 26.7. The van der Waals surface area contributed by atoms with Gasteiger partial charge in [-0.1, -0.05) is 6.07 Å². The number of fused-ring (bicyclic) bond motifs is 2. The zero-order chi connectivity index (χ0) is 24.2.